The van der Waals surface area contributed by atoms with Gasteiger partial charge in [-0.25, -0.2) is 0 Å². The Hall–Kier alpha value is -1.48. The number of nitrogens with zero attached hydrogens (tertiary/aromatic N) is 1. The molecule has 0 saturated heterocycles. The van der Waals surface area contributed by atoms with Crippen molar-refractivity contribution in [2.75, 3.05) is 0 Å². The predicted octanol–water partition coefficient (Wildman–Crippen LogP) is 2.74. The summed E-state index contributed by atoms with van der Waals surface area (Å²) in [5.74, 6) is -0.391. The summed E-state index contributed by atoms with van der Waals surface area (Å²) in [6.07, 6.45) is 2.85. The number of benzene rings is 1. The van der Waals surface area contributed by atoms with Crippen LogP contribution in [-0.4, -0.2) is 10.5 Å². The number of carbonyl (C=O) groups excluding carboxylic acids is 1. The van der Waals surface area contributed by atoms with E-state index in [1.165, 1.54) is 5.56 Å². The van der Waals surface area contributed by atoms with Gasteiger partial charge >= 0.3 is 0 Å². The Bertz CT molecular complexity index is 645. The molecule has 1 heterocycles. The Morgan fingerprint density at radius 2 is 2.28 bits per heavy atom. The number of aromatic nitrogens is 1. The molecule has 0 radical (unpaired) electrons. The molecule has 4 heteroatoms. The van der Waals surface area contributed by atoms with Gasteiger partial charge in [0.15, 0.2) is 0 Å². The number of amides is 1. The zero-order valence-electron chi connectivity index (χ0n) is 10.2. The van der Waals surface area contributed by atoms with Crippen LogP contribution >= 0.6 is 11.6 Å². The molecule has 3 rings (SSSR count). The van der Waals surface area contributed by atoms with Gasteiger partial charge in [0.25, 0.3) is 0 Å². The Morgan fingerprint density at radius 3 is 3.00 bits per heavy atom. The molecule has 1 aliphatic carbocycles. The number of fused-ring (bicyclic) bond motifs is 3. The minimum Gasteiger partial charge on any atom is -0.369 e. The number of hydrogen-bond donors (Lipinski definition) is 1. The number of hydrogen-bond acceptors (Lipinski definition) is 1. The van der Waals surface area contributed by atoms with Gasteiger partial charge in [-0.05, 0) is 43.0 Å². The molecule has 0 fully saturated rings. The smallest absolute Gasteiger partial charge is 0.226 e. The topological polar surface area (TPSA) is 48.0 Å². The zero-order chi connectivity index (χ0) is 12.9. The number of aryl methyl sites for hydroxylation is 2. The second-order valence-corrected chi connectivity index (χ2v) is 5.37. The quantitative estimate of drug-likeness (QED) is 0.844. The molecule has 2 N–H and O–H groups in total. The molecule has 1 aliphatic rings. The summed E-state index contributed by atoms with van der Waals surface area (Å²) in [6.45, 7) is 0. The fourth-order valence-electron chi connectivity index (χ4n) is 3.12. The minimum atomic E-state index is -0.229. The van der Waals surface area contributed by atoms with Crippen LogP contribution in [0.4, 0.5) is 0 Å². The lowest BCUT2D eigenvalue weighted by atomic mass is 9.86. The average Bonchev–Trinajstić information content (AvgIpc) is 2.63. The lowest BCUT2D eigenvalue weighted by Crippen LogP contribution is -2.26. The second kappa shape index (κ2) is 4.02. The van der Waals surface area contributed by atoms with Crippen LogP contribution in [0.5, 0.6) is 0 Å². The highest BCUT2D eigenvalue weighted by Gasteiger charge is 2.29. The third-order valence-electron chi connectivity index (χ3n) is 3.91. The van der Waals surface area contributed by atoms with Gasteiger partial charge in [0, 0.05) is 28.7 Å². The molecule has 0 aliphatic heterocycles. The van der Waals surface area contributed by atoms with Crippen molar-refractivity contribution >= 4 is 28.4 Å². The van der Waals surface area contributed by atoms with E-state index in [-0.39, 0.29) is 11.8 Å². The first-order valence-corrected chi connectivity index (χ1v) is 6.53. The molecular weight excluding hydrogens is 248 g/mol. The van der Waals surface area contributed by atoms with Gasteiger partial charge in [-0.15, -0.1) is 0 Å². The van der Waals surface area contributed by atoms with Crippen molar-refractivity contribution in [3.63, 3.8) is 0 Å². The van der Waals surface area contributed by atoms with Gasteiger partial charge in [-0.2, -0.15) is 0 Å². The van der Waals surface area contributed by atoms with E-state index in [0.717, 1.165) is 40.9 Å². The molecule has 94 valence electrons. The van der Waals surface area contributed by atoms with Crippen LogP contribution in [0.3, 0.4) is 0 Å². The van der Waals surface area contributed by atoms with Gasteiger partial charge < -0.3 is 10.3 Å². The summed E-state index contributed by atoms with van der Waals surface area (Å²) in [4.78, 5) is 11.6. The van der Waals surface area contributed by atoms with Gasteiger partial charge in [-0.3, -0.25) is 4.79 Å². The highest BCUT2D eigenvalue weighted by molar-refractivity contribution is 6.31. The number of nitrogens with two attached hydrogens (primary N) is 1. The van der Waals surface area contributed by atoms with Crippen molar-refractivity contribution in [2.24, 2.45) is 12.8 Å². The van der Waals surface area contributed by atoms with E-state index in [0.29, 0.717) is 0 Å². The van der Waals surface area contributed by atoms with E-state index in [9.17, 15) is 4.79 Å². The second-order valence-electron chi connectivity index (χ2n) is 4.93. The van der Waals surface area contributed by atoms with Crippen LogP contribution in [0.1, 0.15) is 30.0 Å². The number of primary amides is 1. The third-order valence-corrected chi connectivity index (χ3v) is 4.14. The highest BCUT2D eigenvalue weighted by atomic mass is 35.5. The predicted molar refractivity (Wildman–Crippen MR) is 72.8 cm³/mol. The fourth-order valence-corrected chi connectivity index (χ4v) is 3.29. The molecule has 0 bridgehead atoms. The first kappa shape index (κ1) is 11.6. The summed E-state index contributed by atoms with van der Waals surface area (Å²) in [6, 6.07) is 5.88. The van der Waals surface area contributed by atoms with Crippen LogP contribution in [-0.2, 0) is 18.3 Å². The third kappa shape index (κ3) is 1.54. The molecule has 1 amide bonds. The van der Waals surface area contributed by atoms with Crippen LogP contribution in [0.25, 0.3) is 10.9 Å². The fraction of sp³-hybridized carbons (Fsp3) is 0.357. The molecular formula is C14H15ClN2O. The molecule has 1 aromatic heterocycles. The number of rotatable bonds is 1. The largest absolute Gasteiger partial charge is 0.369 e. The first-order valence-electron chi connectivity index (χ1n) is 6.15. The molecule has 2 aromatic rings. The molecule has 18 heavy (non-hydrogen) atoms. The molecule has 3 nitrogen and oxygen atoms in total. The van der Waals surface area contributed by atoms with E-state index in [1.807, 2.05) is 25.2 Å². The lowest BCUT2D eigenvalue weighted by Gasteiger charge is -2.21. The first-order chi connectivity index (χ1) is 8.59. The van der Waals surface area contributed by atoms with E-state index >= 15 is 0 Å². The Morgan fingerprint density at radius 1 is 1.50 bits per heavy atom. The van der Waals surface area contributed by atoms with Crippen molar-refractivity contribution in [3.05, 3.63) is 34.5 Å². The van der Waals surface area contributed by atoms with Crippen LogP contribution in [0.15, 0.2) is 18.2 Å². The maximum Gasteiger partial charge on any atom is 0.226 e. The summed E-state index contributed by atoms with van der Waals surface area (Å²) in [7, 11) is 2.00. The zero-order valence-corrected chi connectivity index (χ0v) is 11.0. The van der Waals surface area contributed by atoms with Crippen LogP contribution in [0.2, 0.25) is 5.02 Å². The van der Waals surface area contributed by atoms with E-state index in [4.69, 9.17) is 17.3 Å². The summed E-state index contributed by atoms with van der Waals surface area (Å²) >= 11 is 6.07. The maximum absolute atomic E-state index is 11.6. The molecule has 1 atom stereocenters. The Kier molecular flexibility index (Phi) is 2.59. The molecule has 0 saturated carbocycles. The van der Waals surface area contributed by atoms with E-state index in [2.05, 4.69) is 4.57 Å². The van der Waals surface area contributed by atoms with Gasteiger partial charge in [0.1, 0.15) is 0 Å². The van der Waals surface area contributed by atoms with Crippen molar-refractivity contribution in [1.82, 2.24) is 4.57 Å². The summed E-state index contributed by atoms with van der Waals surface area (Å²) in [5, 5.41) is 1.89. The van der Waals surface area contributed by atoms with E-state index < -0.39 is 0 Å². The van der Waals surface area contributed by atoms with Crippen LogP contribution in [0, 0.1) is 0 Å². The van der Waals surface area contributed by atoms with Crippen molar-refractivity contribution in [1.29, 1.82) is 0 Å². The van der Waals surface area contributed by atoms with E-state index in [1.54, 1.807) is 0 Å². The number of carbonyl (C=O) groups is 1. The maximum atomic E-state index is 11.6. The average molecular weight is 263 g/mol. The standard InChI is InChI=1S/C14H15ClN2O/c1-17-12-6-5-8(15)7-11(12)9-3-2-4-10(13(9)17)14(16)18/h5-7,10H,2-4H2,1H3,(H2,16,18). The van der Waals surface area contributed by atoms with Gasteiger partial charge in [-0.1, -0.05) is 11.6 Å². The number of halogens is 1. The SMILES string of the molecule is Cn1c2c(c3cc(Cl)ccc31)CCCC2C(N)=O. The Balaban J connectivity index is 2.34. The van der Waals surface area contributed by atoms with Gasteiger partial charge in [0.05, 0.1) is 5.92 Å². The molecule has 0 spiro atoms. The van der Waals surface area contributed by atoms with Crippen molar-refractivity contribution in [2.45, 2.75) is 25.2 Å². The normalized spacial score (nSPS) is 18.9. The monoisotopic (exact) mass is 262 g/mol. The minimum absolute atomic E-state index is 0.162. The molecule has 1 unspecified atom stereocenters. The van der Waals surface area contributed by atoms with Crippen molar-refractivity contribution < 1.29 is 4.79 Å². The van der Waals surface area contributed by atoms with Crippen molar-refractivity contribution in [3.8, 4) is 0 Å². The lowest BCUT2D eigenvalue weighted by molar-refractivity contribution is -0.119. The highest BCUT2D eigenvalue weighted by Crippen LogP contribution is 2.38. The summed E-state index contributed by atoms with van der Waals surface area (Å²) < 4.78 is 2.09. The molecule has 1 aromatic carbocycles. The summed E-state index contributed by atoms with van der Waals surface area (Å²) in [5.41, 5.74) is 8.96. The Labute approximate surface area is 111 Å². The van der Waals surface area contributed by atoms with Crippen LogP contribution < -0.4 is 5.73 Å². The van der Waals surface area contributed by atoms with Gasteiger partial charge in [0.2, 0.25) is 5.91 Å².